The summed E-state index contributed by atoms with van der Waals surface area (Å²) in [4.78, 5) is 4.46. The minimum atomic E-state index is 0.284. The minimum Gasteiger partial charge on any atom is -0.332 e. The Hall–Kier alpha value is -2.34. The average molecular weight is 313 g/mol. The van der Waals surface area contributed by atoms with Gasteiger partial charge in [0, 0.05) is 5.92 Å². The molecule has 1 saturated heterocycles. The molecule has 1 aliphatic heterocycles. The maximum absolute atomic E-state index is 7.39. The van der Waals surface area contributed by atoms with Crippen molar-refractivity contribution in [3.05, 3.63) is 54.2 Å². The Bertz CT molecular complexity index is 619. The molecule has 2 N–H and O–H groups in total. The highest BCUT2D eigenvalue weighted by molar-refractivity contribution is 5.61. The Morgan fingerprint density at radius 2 is 2.30 bits per heavy atom. The van der Waals surface area contributed by atoms with E-state index < -0.39 is 0 Å². The molecule has 1 unspecified atom stereocenters. The fourth-order valence-electron chi connectivity index (χ4n) is 2.56. The lowest BCUT2D eigenvalue weighted by molar-refractivity contribution is 0.391. The standard InChI is InChI=1S/C17H23N5O/c1-3-6-13(7-4-2)12-15(21-18)17-20-16(22-23-17)14-8-5-10-19-11-9-14/h3-4,6-7,12,14,18-19H,1,5,8-11H2,2H3/b7-4-,13-6+,15-12+,21-18?. The number of nitrogens with one attached hydrogen (secondary N) is 2. The van der Waals surface area contributed by atoms with E-state index in [9.17, 15) is 0 Å². The first-order chi connectivity index (χ1) is 11.3. The number of nitrogens with zero attached hydrogens (tertiary/aromatic N) is 3. The molecule has 0 saturated carbocycles. The van der Waals surface area contributed by atoms with Crippen LogP contribution in [0.15, 0.2) is 52.2 Å². The Morgan fingerprint density at radius 3 is 3.04 bits per heavy atom. The van der Waals surface area contributed by atoms with Gasteiger partial charge in [0.2, 0.25) is 0 Å². The van der Waals surface area contributed by atoms with Crippen molar-refractivity contribution in [3.8, 4) is 0 Å². The number of aromatic nitrogens is 2. The van der Waals surface area contributed by atoms with E-state index in [1.165, 1.54) is 0 Å². The zero-order chi connectivity index (χ0) is 16.5. The summed E-state index contributed by atoms with van der Waals surface area (Å²) in [5.74, 6) is 1.29. The van der Waals surface area contributed by atoms with Gasteiger partial charge in [-0.3, -0.25) is 0 Å². The lowest BCUT2D eigenvalue weighted by Gasteiger charge is -2.06. The van der Waals surface area contributed by atoms with E-state index in [0.717, 1.165) is 37.9 Å². The zero-order valence-corrected chi connectivity index (χ0v) is 13.5. The molecule has 1 atom stereocenters. The molecule has 0 aliphatic carbocycles. The third-order valence-electron chi connectivity index (χ3n) is 3.69. The molecule has 2 rings (SSSR count). The molecule has 6 nitrogen and oxygen atoms in total. The van der Waals surface area contributed by atoms with E-state index in [2.05, 4.69) is 27.2 Å². The molecular formula is C17H23N5O. The van der Waals surface area contributed by atoms with Gasteiger partial charge < -0.3 is 9.84 Å². The van der Waals surface area contributed by atoms with Crippen molar-refractivity contribution in [2.75, 3.05) is 13.1 Å². The van der Waals surface area contributed by atoms with Crippen LogP contribution in [0.4, 0.5) is 0 Å². The van der Waals surface area contributed by atoms with Gasteiger partial charge in [0.25, 0.3) is 5.89 Å². The van der Waals surface area contributed by atoms with E-state index in [-0.39, 0.29) is 5.89 Å². The first-order valence-electron chi connectivity index (χ1n) is 7.87. The van der Waals surface area contributed by atoms with Crippen LogP contribution in [-0.4, -0.2) is 23.2 Å². The van der Waals surface area contributed by atoms with Crippen LogP contribution in [0.3, 0.4) is 0 Å². The van der Waals surface area contributed by atoms with Crippen LogP contribution in [0.5, 0.6) is 0 Å². The van der Waals surface area contributed by atoms with Crippen LogP contribution in [0, 0.1) is 5.53 Å². The molecule has 1 aromatic heterocycles. The summed E-state index contributed by atoms with van der Waals surface area (Å²) in [7, 11) is 0. The quantitative estimate of drug-likeness (QED) is 0.614. The van der Waals surface area contributed by atoms with Crippen molar-refractivity contribution < 1.29 is 4.52 Å². The van der Waals surface area contributed by atoms with Crippen LogP contribution in [0.1, 0.15) is 43.8 Å². The summed E-state index contributed by atoms with van der Waals surface area (Å²) in [6.07, 6.45) is 12.2. The first kappa shape index (κ1) is 17.0. The largest absolute Gasteiger partial charge is 0.332 e. The predicted molar refractivity (Wildman–Crippen MR) is 90.0 cm³/mol. The normalized spacial score (nSPS) is 20.5. The van der Waals surface area contributed by atoms with E-state index in [4.69, 9.17) is 10.1 Å². The molecule has 0 aromatic carbocycles. The van der Waals surface area contributed by atoms with Crippen molar-refractivity contribution in [1.82, 2.24) is 15.5 Å². The molecule has 0 radical (unpaired) electrons. The summed E-state index contributed by atoms with van der Waals surface area (Å²) >= 11 is 0. The number of rotatable bonds is 6. The number of hydrogen-bond donors (Lipinski definition) is 2. The van der Waals surface area contributed by atoms with Gasteiger partial charge in [0.15, 0.2) is 11.5 Å². The maximum atomic E-state index is 7.39. The van der Waals surface area contributed by atoms with Crippen LogP contribution in [0.25, 0.3) is 5.70 Å². The fourth-order valence-corrected chi connectivity index (χ4v) is 2.56. The van der Waals surface area contributed by atoms with Crippen molar-refractivity contribution in [2.24, 2.45) is 5.11 Å². The molecule has 0 bridgehead atoms. The molecule has 1 aliphatic rings. The summed E-state index contributed by atoms with van der Waals surface area (Å²) in [5, 5.41) is 11.0. The Balaban J connectivity index is 2.23. The van der Waals surface area contributed by atoms with E-state index >= 15 is 0 Å². The second-order valence-corrected chi connectivity index (χ2v) is 5.38. The van der Waals surface area contributed by atoms with Gasteiger partial charge in [-0.05, 0) is 50.9 Å². The second kappa shape index (κ2) is 8.95. The molecule has 23 heavy (non-hydrogen) atoms. The molecule has 122 valence electrons. The molecule has 1 fully saturated rings. The van der Waals surface area contributed by atoms with Crippen molar-refractivity contribution >= 4 is 5.70 Å². The highest BCUT2D eigenvalue weighted by Crippen LogP contribution is 2.26. The van der Waals surface area contributed by atoms with Gasteiger partial charge in [0.05, 0.1) is 0 Å². The Kier molecular flexibility index (Phi) is 6.62. The van der Waals surface area contributed by atoms with Crippen molar-refractivity contribution in [3.63, 3.8) is 0 Å². The summed E-state index contributed by atoms with van der Waals surface area (Å²) in [5.41, 5.74) is 8.60. The molecular weight excluding hydrogens is 290 g/mol. The summed E-state index contributed by atoms with van der Waals surface area (Å²) in [6, 6.07) is 0. The van der Waals surface area contributed by atoms with Crippen LogP contribution >= 0.6 is 0 Å². The maximum Gasteiger partial charge on any atom is 0.278 e. The van der Waals surface area contributed by atoms with Crippen LogP contribution < -0.4 is 5.32 Å². The van der Waals surface area contributed by atoms with Gasteiger partial charge in [0.1, 0.15) is 0 Å². The highest BCUT2D eigenvalue weighted by atomic mass is 16.5. The molecule has 1 aromatic rings. The third kappa shape index (κ3) is 4.82. The van der Waals surface area contributed by atoms with Gasteiger partial charge in [-0.15, -0.1) is 0 Å². The molecule has 0 spiro atoms. The highest BCUT2D eigenvalue weighted by Gasteiger charge is 2.21. The zero-order valence-electron chi connectivity index (χ0n) is 13.5. The van der Waals surface area contributed by atoms with Gasteiger partial charge in [-0.2, -0.15) is 10.1 Å². The van der Waals surface area contributed by atoms with Crippen LogP contribution in [-0.2, 0) is 0 Å². The summed E-state index contributed by atoms with van der Waals surface area (Å²) < 4.78 is 5.33. The lowest BCUT2D eigenvalue weighted by atomic mass is 10.0. The van der Waals surface area contributed by atoms with E-state index in [0.29, 0.717) is 17.4 Å². The second-order valence-electron chi connectivity index (χ2n) is 5.38. The Labute approximate surface area is 136 Å². The van der Waals surface area contributed by atoms with E-state index in [1.54, 1.807) is 12.2 Å². The van der Waals surface area contributed by atoms with Crippen molar-refractivity contribution in [2.45, 2.75) is 32.1 Å². The molecule has 0 amide bonds. The predicted octanol–water partition coefficient (Wildman–Crippen LogP) is 3.99. The number of hydrogen-bond acceptors (Lipinski definition) is 6. The monoisotopic (exact) mass is 313 g/mol. The summed E-state index contributed by atoms with van der Waals surface area (Å²) in [6.45, 7) is 7.61. The Morgan fingerprint density at radius 1 is 1.43 bits per heavy atom. The average Bonchev–Trinajstić information content (AvgIpc) is 2.88. The van der Waals surface area contributed by atoms with E-state index in [1.807, 2.05) is 25.2 Å². The topological polar surface area (TPSA) is 87.2 Å². The van der Waals surface area contributed by atoms with Crippen LogP contribution in [0.2, 0.25) is 0 Å². The molecule has 2 heterocycles. The lowest BCUT2D eigenvalue weighted by Crippen LogP contribution is -2.14. The van der Waals surface area contributed by atoms with Gasteiger partial charge >= 0.3 is 0 Å². The molecule has 6 heteroatoms. The van der Waals surface area contributed by atoms with Crippen molar-refractivity contribution in [1.29, 1.82) is 5.53 Å². The minimum absolute atomic E-state index is 0.284. The van der Waals surface area contributed by atoms with Gasteiger partial charge in [-0.1, -0.05) is 36.0 Å². The third-order valence-corrected chi connectivity index (χ3v) is 3.69. The fraction of sp³-hybridized carbons (Fsp3) is 0.412. The first-order valence-corrected chi connectivity index (χ1v) is 7.87. The number of allylic oxidation sites excluding steroid dienone is 6. The SMILES string of the molecule is C=C/C=C(\C=C/C)/C=C(/N=N)c1nc(C2CCCNCC2)no1. The van der Waals surface area contributed by atoms with Gasteiger partial charge in [-0.25, -0.2) is 5.53 Å². The smallest absolute Gasteiger partial charge is 0.278 e.